The van der Waals surface area contributed by atoms with Gasteiger partial charge in [0, 0.05) is 0 Å². The predicted octanol–water partition coefficient (Wildman–Crippen LogP) is 4.38. The standard InChI is InChI=1S/C15H13Cl2N3O3S/c1-22-15(21)12-11(17)14(18-7-8-3-2-6-23-8)20-13(19-12)9-4-5-10(16)24-9/h2-3,5-6,9H,4,7H2,1H3,(H,18,19,20). The molecule has 0 saturated heterocycles. The van der Waals surface area contributed by atoms with E-state index in [1.54, 1.807) is 12.3 Å². The zero-order chi connectivity index (χ0) is 17.1. The van der Waals surface area contributed by atoms with Crippen LogP contribution in [-0.4, -0.2) is 23.0 Å². The summed E-state index contributed by atoms with van der Waals surface area (Å²) in [5.41, 5.74) is 0.0229. The number of ether oxygens (including phenoxy) is 1. The number of allylic oxidation sites excluding steroid dienone is 1. The molecule has 126 valence electrons. The number of carbonyl (C=O) groups is 1. The predicted molar refractivity (Wildman–Crippen MR) is 93.3 cm³/mol. The van der Waals surface area contributed by atoms with Crippen molar-refractivity contribution >= 4 is 46.8 Å². The Hall–Kier alpha value is -1.70. The summed E-state index contributed by atoms with van der Waals surface area (Å²) in [6, 6.07) is 3.60. The fourth-order valence-electron chi connectivity index (χ4n) is 2.13. The smallest absolute Gasteiger partial charge is 0.358 e. The highest BCUT2D eigenvalue weighted by atomic mass is 35.5. The van der Waals surface area contributed by atoms with E-state index < -0.39 is 5.97 Å². The Bertz CT molecular complexity index is 781. The molecular formula is C15H13Cl2N3O3S. The van der Waals surface area contributed by atoms with E-state index in [2.05, 4.69) is 15.3 Å². The van der Waals surface area contributed by atoms with E-state index in [1.807, 2.05) is 12.1 Å². The Morgan fingerprint density at radius 3 is 2.96 bits per heavy atom. The van der Waals surface area contributed by atoms with E-state index in [9.17, 15) is 4.79 Å². The molecule has 1 N–H and O–H groups in total. The fraction of sp³-hybridized carbons (Fsp3) is 0.267. The number of furan rings is 1. The number of thioether (sulfide) groups is 1. The molecule has 9 heteroatoms. The van der Waals surface area contributed by atoms with Crippen LogP contribution in [0.1, 0.15) is 33.7 Å². The molecule has 0 fully saturated rings. The number of aromatic nitrogens is 2. The van der Waals surface area contributed by atoms with Crippen LogP contribution in [0.3, 0.4) is 0 Å². The summed E-state index contributed by atoms with van der Waals surface area (Å²) in [5.74, 6) is 0.915. The minimum Gasteiger partial charge on any atom is -0.467 e. The van der Waals surface area contributed by atoms with Crippen molar-refractivity contribution in [2.45, 2.75) is 18.2 Å². The molecule has 0 radical (unpaired) electrons. The molecule has 6 nitrogen and oxygen atoms in total. The van der Waals surface area contributed by atoms with Gasteiger partial charge in [0.05, 0.1) is 29.5 Å². The highest BCUT2D eigenvalue weighted by molar-refractivity contribution is 8.05. The molecule has 1 aliphatic heterocycles. The quantitative estimate of drug-likeness (QED) is 0.764. The van der Waals surface area contributed by atoms with Crippen molar-refractivity contribution in [3.05, 3.63) is 51.1 Å². The zero-order valence-corrected chi connectivity index (χ0v) is 14.9. The van der Waals surface area contributed by atoms with Gasteiger partial charge in [0.15, 0.2) is 5.69 Å². The van der Waals surface area contributed by atoms with Gasteiger partial charge in [-0.25, -0.2) is 14.8 Å². The van der Waals surface area contributed by atoms with Gasteiger partial charge in [0.1, 0.15) is 22.4 Å². The lowest BCUT2D eigenvalue weighted by Crippen LogP contribution is -2.13. The maximum atomic E-state index is 12.0. The molecule has 0 aromatic carbocycles. The molecule has 0 spiro atoms. The van der Waals surface area contributed by atoms with E-state index in [0.717, 1.165) is 0 Å². The first-order valence-corrected chi connectivity index (χ1v) is 8.66. The summed E-state index contributed by atoms with van der Waals surface area (Å²) in [5, 5.41) is 3.11. The van der Waals surface area contributed by atoms with E-state index in [0.29, 0.717) is 34.7 Å². The van der Waals surface area contributed by atoms with Gasteiger partial charge in [0.2, 0.25) is 0 Å². The topological polar surface area (TPSA) is 77.2 Å². The van der Waals surface area contributed by atoms with Gasteiger partial charge < -0.3 is 14.5 Å². The van der Waals surface area contributed by atoms with Crippen LogP contribution >= 0.6 is 35.0 Å². The van der Waals surface area contributed by atoms with Crippen molar-refractivity contribution in [1.82, 2.24) is 9.97 Å². The van der Waals surface area contributed by atoms with Crippen LogP contribution in [0.5, 0.6) is 0 Å². The summed E-state index contributed by atoms with van der Waals surface area (Å²) < 4.78 is 10.7. The van der Waals surface area contributed by atoms with E-state index in [-0.39, 0.29) is 16.0 Å². The minimum absolute atomic E-state index is 0.0229. The first-order chi connectivity index (χ1) is 11.6. The second-order valence-corrected chi connectivity index (χ2v) is 7.12. The molecule has 0 bridgehead atoms. The molecule has 24 heavy (non-hydrogen) atoms. The summed E-state index contributed by atoms with van der Waals surface area (Å²) >= 11 is 13.7. The van der Waals surface area contributed by atoms with Crippen molar-refractivity contribution in [2.75, 3.05) is 12.4 Å². The number of hydrogen-bond donors (Lipinski definition) is 1. The van der Waals surface area contributed by atoms with Crippen molar-refractivity contribution in [3.63, 3.8) is 0 Å². The molecular weight excluding hydrogens is 373 g/mol. The molecule has 2 aromatic rings. The zero-order valence-electron chi connectivity index (χ0n) is 12.6. The second-order valence-electron chi connectivity index (χ2n) is 4.87. The average Bonchev–Trinajstić information content (AvgIpc) is 3.24. The number of carbonyl (C=O) groups excluding carboxylic acids is 1. The summed E-state index contributed by atoms with van der Waals surface area (Å²) in [4.78, 5) is 20.7. The number of esters is 1. The number of anilines is 1. The molecule has 1 aliphatic rings. The third kappa shape index (κ3) is 3.68. The average molecular weight is 386 g/mol. The van der Waals surface area contributed by atoms with Crippen LogP contribution in [0, 0.1) is 0 Å². The summed E-state index contributed by atoms with van der Waals surface area (Å²) in [6.07, 6.45) is 4.15. The van der Waals surface area contributed by atoms with Crippen molar-refractivity contribution in [3.8, 4) is 0 Å². The van der Waals surface area contributed by atoms with Crippen molar-refractivity contribution in [1.29, 1.82) is 0 Å². The lowest BCUT2D eigenvalue weighted by Gasteiger charge is -2.14. The van der Waals surface area contributed by atoms with E-state index >= 15 is 0 Å². The molecule has 3 rings (SSSR count). The number of halogens is 2. The van der Waals surface area contributed by atoms with Gasteiger partial charge in [-0.15, -0.1) is 11.8 Å². The minimum atomic E-state index is -0.619. The Balaban J connectivity index is 1.91. The maximum Gasteiger partial charge on any atom is 0.358 e. The fourth-order valence-corrected chi connectivity index (χ4v) is 3.64. The van der Waals surface area contributed by atoms with Gasteiger partial charge in [-0.05, 0) is 18.6 Å². The van der Waals surface area contributed by atoms with E-state index in [1.165, 1.54) is 18.9 Å². The molecule has 0 aliphatic carbocycles. The van der Waals surface area contributed by atoms with Crippen LogP contribution < -0.4 is 5.32 Å². The third-order valence-electron chi connectivity index (χ3n) is 3.29. The molecule has 0 amide bonds. The number of methoxy groups -OCH3 is 1. The Morgan fingerprint density at radius 1 is 1.50 bits per heavy atom. The van der Waals surface area contributed by atoms with Gasteiger partial charge in [-0.3, -0.25) is 0 Å². The SMILES string of the molecule is COC(=O)c1nc(C2CC=C(Cl)S2)nc(NCc2ccco2)c1Cl. The highest BCUT2D eigenvalue weighted by Gasteiger charge is 2.26. The molecule has 2 aromatic heterocycles. The lowest BCUT2D eigenvalue weighted by atomic mass is 10.2. The van der Waals surface area contributed by atoms with Crippen LogP contribution in [-0.2, 0) is 11.3 Å². The van der Waals surface area contributed by atoms with E-state index in [4.69, 9.17) is 32.4 Å². The first kappa shape index (κ1) is 17.1. The highest BCUT2D eigenvalue weighted by Crippen LogP contribution is 2.44. The van der Waals surface area contributed by atoms with Gasteiger partial charge in [-0.1, -0.05) is 29.3 Å². The van der Waals surface area contributed by atoms with Crippen LogP contribution in [0.4, 0.5) is 5.82 Å². The maximum absolute atomic E-state index is 12.0. The van der Waals surface area contributed by atoms with Gasteiger partial charge in [-0.2, -0.15) is 0 Å². The van der Waals surface area contributed by atoms with Crippen LogP contribution in [0.15, 0.2) is 33.3 Å². The number of hydrogen-bond acceptors (Lipinski definition) is 7. The Kier molecular flexibility index (Phi) is 5.33. The molecule has 1 atom stereocenters. The first-order valence-electron chi connectivity index (χ1n) is 7.02. The van der Waals surface area contributed by atoms with Gasteiger partial charge >= 0.3 is 5.97 Å². The number of nitrogens with zero attached hydrogens (tertiary/aromatic N) is 2. The number of rotatable bonds is 5. The third-order valence-corrected chi connectivity index (χ3v) is 5.15. The normalized spacial score (nSPS) is 16.8. The van der Waals surface area contributed by atoms with Crippen molar-refractivity contribution in [2.24, 2.45) is 0 Å². The van der Waals surface area contributed by atoms with Crippen LogP contribution in [0.2, 0.25) is 5.02 Å². The number of nitrogens with one attached hydrogen (secondary N) is 1. The van der Waals surface area contributed by atoms with Gasteiger partial charge in [0.25, 0.3) is 0 Å². The largest absolute Gasteiger partial charge is 0.467 e. The Labute approximate surface area is 152 Å². The van der Waals surface area contributed by atoms with Crippen LogP contribution in [0.25, 0.3) is 0 Å². The van der Waals surface area contributed by atoms with Crippen molar-refractivity contribution < 1.29 is 13.9 Å². The summed E-state index contributed by atoms with van der Waals surface area (Å²) in [7, 11) is 1.28. The lowest BCUT2D eigenvalue weighted by molar-refractivity contribution is 0.0593. The monoisotopic (exact) mass is 385 g/mol. The molecule has 1 unspecified atom stereocenters. The molecule has 0 saturated carbocycles. The summed E-state index contributed by atoms with van der Waals surface area (Å²) in [6.45, 7) is 0.376. The second kappa shape index (κ2) is 7.46. The molecule has 3 heterocycles. The Morgan fingerprint density at radius 2 is 2.33 bits per heavy atom.